The van der Waals surface area contributed by atoms with E-state index in [9.17, 15) is 9.59 Å². The van der Waals surface area contributed by atoms with Crippen LogP contribution in [0.1, 0.15) is 44.6 Å². The normalized spacial score (nSPS) is 19.7. The summed E-state index contributed by atoms with van der Waals surface area (Å²) in [7, 11) is 0. The van der Waals surface area contributed by atoms with Crippen LogP contribution in [-0.4, -0.2) is 22.8 Å². The summed E-state index contributed by atoms with van der Waals surface area (Å²) in [5, 5.41) is 3.03. The lowest BCUT2D eigenvalue weighted by Crippen LogP contribution is -2.42. The Bertz CT molecular complexity index is 645. The molecule has 0 bridgehead atoms. The largest absolute Gasteiger partial charge is 0.350 e. The Morgan fingerprint density at radius 2 is 1.74 bits per heavy atom. The fourth-order valence-corrected chi connectivity index (χ4v) is 3.49. The van der Waals surface area contributed by atoms with Gasteiger partial charge in [-0.2, -0.15) is 0 Å². The summed E-state index contributed by atoms with van der Waals surface area (Å²) in [4.78, 5) is 26.4. The van der Waals surface area contributed by atoms with Crippen molar-refractivity contribution in [3.8, 4) is 0 Å². The van der Waals surface area contributed by atoms with Crippen molar-refractivity contribution in [2.75, 3.05) is 5.32 Å². The molecule has 4 nitrogen and oxygen atoms in total. The second-order valence-electron chi connectivity index (χ2n) is 6.14. The van der Waals surface area contributed by atoms with Crippen molar-refractivity contribution in [1.82, 2.24) is 4.90 Å². The van der Waals surface area contributed by atoms with Gasteiger partial charge in [0.1, 0.15) is 10.7 Å². The lowest BCUT2D eigenvalue weighted by molar-refractivity contribution is -0.140. The topological polar surface area (TPSA) is 49.4 Å². The van der Waals surface area contributed by atoms with E-state index in [0.717, 1.165) is 37.8 Å². The molecule has 1 aliphatic carbocycles. The number of aryl methyl sites for hydroxylation is 1. The number of hydrogen-bond donors (Lipinski definition) is 1. The second kappa shape index (κ2) is 6.75. The van der Waals surface area contributed by atoms with E-state index in [1.165, 1.54) is 16.9 Å². The predicted octanol–water partition coefficient (Wildman–Crippen LogP) is 3.81. The third-order valence-electron chi connectivity index (χ3n) is 4.63. The van der Waals surface area contributed by atoms with Gasteiger partial charge >= 0.3 is 0 Å². The number of nitrogens with zero attached hydrogens (tertiary/aromatic N) is 1. The minimum Gasteiger partial charge on any atom is -0.350 e. The van der Waals surface area contributed by atoms with E-state index < -0.39 is 0 Å². The molecule has 2 aliphatic rings. The summed E-state index contributed by atoms with van der Waals surface area (Å²) in [6.45, 7) is 2.09. The van der Waals surface area contributed by atoms with Crippen molar-refractivity contribution < 1.29 is 9.59 Å². The van der Waals surface area contributed by atoms with Crippen molar-refractivity contribution in [3.05, 3.63) is 40.6 Å². The lowest BCUT2D eigenvalue weighted by Gasteiger charge is -2.29. The third kappa shape index (κ3) is 3.13. The van der Waals surface area contributed by atoms with Gasteiger partial charge in [-0.05, 0) is 37.0 Å². The van der Waals surface area contributed by atoms with Gasteiger partial charge in [0.25, 0.3) is 11.8 Å². The number of amides is 2. The molecule has 0 unspecified atom stereocenters. The SMILES string of the molecule is CCc1ccc(NC2=C(Cl)C(=O)N(C3CCCCC3)C2=O)cc1. The zero-order valence-corrected chi connectivity index (χ0v) is 14.0. The van der Waals surface area contributed by atoms with Crippen LogP contribution in [0.2, 0.25) is 0 Å². The molecule has 1 aromatic carbocycles. The minimum atomic E-state index is -0.365. The van der Waals surface area contributed by atoms with E-state index in [-0.39, 0.29) is 28.6 Å². The molecule has 0 saturated heterocycles. The van der Waals surface area contributed by atoms with E-state index in [2.05, 4.69) is 12.2 Å². The molecule has 3 rings (SSSR count). The van der Waals surface area contributed by atoms with E-state index >= 15 is 0 Å². The molecule has 0 aromatic heterocycles. The molecule has 1 fully saturated rings. The molecule has 1 heterocycles. The maximum absolute atomic E-state index is 12.7. The van der Waals surface area contributed by atoms with Crippen LogP contribution in [0.5, 0.6) is 0 Å². The average molecular weight is 333 g/mol. The van der Waals surface area contributed by atoms with Crippen molar-refractivity contribution in [2.24, 2.45) is 0 Å². The Balaban J connectivity index is 1.78. The van der Waals surface area contributed by atoms with E-state index in [4.69, 9.17) is 11.6 Å². The zero-order valence-electron chi connectivity index (χ0n) is 13.3. The highest BCUT2D eigenvalue weighted by Gasteiger charge is 2.41. The number of carbonyl (C=O) groups is 2. The molecule has 0 atom stereocenters. The van der Waals surface area contributed by atoms with Gasteiger partial charge in [-0.1, -0.05) is 49.9 Å². The fourth-order valence-electron chi connectivity index (χ4n) is 3.27. The molecule has 1 aliphatic heterocycles. The van der Waals surface area contributed by atoms with Crippen molar-refractivity contribution in [1.29, 1.82) is 0 Å². The number of halogens is 1. The van der Waals surface area contributed by atoms with Gasteiger partial charge < -0.3 is 5.32 Å². The number of nitrogens with one attached hydrogen (secondary N) is 1. The Kier molecular flexibility index (Phi) is 4.71. The first-order valence-electron chi connectivity index (χ1n) is 8.25. The Labute approximate surface area is 141 Å². The van der Waals surface area contributed by atoms with Crippen LogP contribution < -0.4 is 5.32 Å². The first kappa shape index (κ1) is 16.1. The summed E-state index contributed by atoms with van der Waals surface area (Å²) in [6.07, 6.45) is 5.99. The van der Waals surface area contributed by atoms with Crippen LogP contribution in [0.4, 0.5) is 5.69 Å². The van der Waals surface area contributed by atoms with Crippen molar-refractivity contribution in [2.45, 2.75) is 51.5 Å². The van der Waals surface area contributed by atoms with E-state index in [1.54, 1.807) is 0 Å². The number of benzene rings is 1. The van der Waals surface area contributed by atoms with Crippen LogP contribution >= 0.6 is 11.6 Å². The summed E-state index contributed by atoms with van der Waals surface area (Å²) in [6, 6.07) is 7.78. The summed E-state index contributed by atoms with van der Waals surface area (Å²) in [5.41, 5.74) is 2.18. The molecule has 1 N–H and O–H groups in total. The molecular weight excluding hydrogens is 312 g/mol. The fraction of sp³-hybridized carbons (Fsp3) is 0.444. The predicted molar refractivity (Wildman–Crippen MR) is 91.0 cm³/mol. The minimum absolute atomic E-state index is 0.000131. The van der Waals surface area contributed by atoms with Gasteiger partial charge in [0.2, 0.25) is 0 Å². The third-order valence-corrected chi connectivity index (χ3v) is 4.98. The quantitative estimate of drug-likeness (QED) is 0.853. The highest BCUT2D eigenvalue weighted by molar-refractivity contribution is 6.48. The van der Waals surface area contributed by atoms with Gasteiger partial charge in [0, 0.05) is 11.7 Å². The number of hydrogen-bond acceptors (Lipinski definition) is 3. The summed E-state index contributed by atoms with van der Waals surface area (Å²) < 4.78 is 0. The molecule has 2 amide bonds. The van der Waals surface area contributed by atoms with Crippen LogP contribution in [0.15, 0.2) is 35.0 Å². The summed E-state index contributed by atoms with van der Waals surface area (Å²) in [5.74, 6) is -0.664. The maximum atomic E-state index is 12.7. The molecule has 5 heteroatoms. The first-order chi connectivity index (χ1) is 11.1. The smallest absolute Gasteiger partial charge is 0.279 e. The summed E-state index contributed by atoms with van der Waals surface area (Å²) >= 11 is 6.15. The maximum Gasteiger partial charge on any atom is 0.279 e. The van der Waals surface area contributed by atoms with Crippen LogP contribution in [0.3, 0.4) is 0 Å². The van der Waals surface area contributed by atoms with Crippen molar-refractivity contribution in [3.63, 3.8) is 0 Å². The van der Waals surface area contributed by atoms with Gasteiger partial charge in [-0.15, -0.1) is 0 Å². The monoisotopic (exact) mass is 332 g/mol. The highest BCUT2D eigenvalue weighted by atomic mass is 35.5. The average Bonchev–Trinajstić information content (AvgIpc) is 2.80. The Morgan fingerprint density at radius 1 is 1.09 bits per heavy atom. The second-order valence-corrected chi connectivity index (χ2v) is 6.51. The Morgan fingerprint density at radius 3 is 2.35 bits per heavy atom. The van der Waals surface area contributed by atoms with Crippen LogP contribution in [0, 0.1) is 0 Å². The molecule has 23 heavy (non-hydrogen) atoms. The highest BCUT2D eigenvalue weighted by Crippen LogP contribution is 2.32. The molecule has 0 spiro atoms. The van der Waals surface area contributed by atoms with Crippen LogP contribution in [-0.2, 0) is 16.0 Å². The number of rotatable bonds is 4. The molecular formula is C18H21ClN2O2. The lowest BCUT2D eigenvalue weighted by atomic mass is 9.94. The molecule has 1 aromatic rings. The van der Waals surface area contributed by atoms with Gasteiger partial charge in [-0.25, -0.2) is 0 Å². The molecule has 0 radical (unpaired) electrons. The molecule has 122 valence electrons. The van der Waals surface area contributed by atoms with Gasteiger partial charge in [0.05, 0.1) is 0 Å². The first-order valence-corrected chi connectivity index (χ1v) is 8.63. The molecule has 1 saturated carbocycles. The Hall–Kier alpha value is -1.81. The van der Waals surface area contributed by atoms with Gasteiger partial charge in [-0.3, -0.25) is 14.5 Å². The van der Waals surface area contributed by atoms with Crippen LogP contribution in [0.25, 0.3) is 0 Å². The number of carbonyl (C=O) groups excluding carboxylic acids is 2. The van der Waals surface area contributed by atoms with E-state index in [0.29, 0.717) is 0 Å². The zero-order chi connectivity index (χ0) is 16.4. The number of imide groups is 1. The van der Waals surface area contributed by atoms with E-state index in [1.807, 2.05) is 24.3 Å². The van der Waals surface area contributed by atoms with Gasteiger partial charge in [0.15, 0.2) is 0 Å². The van der Waals surface area contributed by atoms with Crippen molar-refractivity contribution >= 4 is 29.1 Å². The number of anilines is 1. The standard InChI is InChI=1S/C18H21ClN2O2/c1-2-12-8-10-13(11-9-12)20-16-15(19)17(22)21(18(16)23)14-6-4-3-5-7-14/h8-11,14,20H,2-7H2,1H3.